The second-order valence-corrected chi connectivity index (χ2v) is 4.84. The van der Waals surface area contributed by atoms with Gasteiger partial charge in [-0.2, -0.15) is 0 Å². The number of aryl methyl sites for hydroxylation is 2. The smallest absolute Gasteiger partial charge is 0.119 e. The fourth-order valence-electron chi connectivity index (χ4n) is 1.81. The van der Waals surface area contributed by atoms with Gasteiger partial charge >= 0.3 is 0 Å². The minimum absolute atomic E-state index is 0.418. The molecule has 2 heteroatoms. The number of hydrogen-bond acceptors (Lipinski definition) is 2. The quantitative estimate of drug-likeness (QED) is 0.816. The van der Waals surface area contributed by atoms with Crippen molar-refractivity contribution in [3.05, 3.63) is 29.3 Å². The molecule has 96 valence electrons. The zero-order valence-corrected chi connectivity index (χ0v) is 11.7. The normalized spacial score (nSPS) is 14.4. The van der Waals surface area contributed by atoms with Crippen LogP contribution < -0.4 is 10.1 Å². The third-order valence-corrected chi connectivity index (χ3v) is 3.61. The van der Waals surface area contributed by atoms with E-state index in [1.54, 1.807) is 0 Å². The Balaban J connectivity index is 2.56. The first-order valence-electron chi connectivity index (χ1n) is 6.45. The predicted octanol–water partition coefficient (Wildman–Crippen LogP) is 3.32. The van der Waals surface area contributed by atoms with Crippen LogP contribution in [0, 0.1) is 19.8 Å². The molecule has 1 aromatic carbocycles. The standard InChI is InChI=1S/C15H25NO/c1-6-11(2)15(16-5)10-17-14-8-7-12(3)13(4)9-14/h7-9,11,15-16H,6,10H2,1-5H3. The first-order chi connectivity index (χ1) is 8.08. The van der Waals surface area contributed by atoms with Gasteiger partial charge in [-0.05, 0) is 50.1 Å². The summed E-state index contributed by atoms with van der Waals surface area (Å²) in [5.41, 5.74) is 2.59. The lowest BCUT2D eigenvalue weighted by atomic mass is 10.0. The minimum Gasteiger partial charge on any atom is -0.492 e. The van der Waals surface area contributed by atoms with E-state index >= 15 is 0 Å². The van der Waals surface area contributed by atoms with Crippen molar-refractivity contribution in [2.45, 2.75) is 40.2 Å². The Morgan fingerprint density at radius 2 is 1.94 bits per heavy atom. The molecule has 0 aliphatic rings. The van der Waals surface area contributed by atoms with Gasteiger partial charge < -0.3 is 10.1 Å². The maximum absolute atomic E-state index is 5.86. The Hall–Kier alpha value is -1.02. The van der Waals surface area contributed by atoms with Crippen LogP contribution in [0.5, 0.6) is 5.75 Å². The van der Waals surface area contributed by atoms with E-state index in [2.05, 4.69) is 45.1 Å². The number of hydrogen-bond donors (Lipinski definition) is 1. The lowest BCUT2D eigenvalue weighted by molar-refractivity contribution is 0.228. The van der Waals surface area contributed by atoms with Crippen LogP contribution >= 0.6 is 0 Å². The second-order valence-electron chi connectivity index (χ2n) is 4.84. The van der Waals surface area contributed by atoms with Crippen LogP contribution in [0.1, 0.15) is 31.4 Å². The van der Waals surface area contributed by atoms with E-state index in [0.717, 1.165) is 12.4 Å². The summed E-state index contributed by atoms with van der Waals surface area (Å²) < 4.78 is 5.86. The monoisotopic (exact) mass is 235 g/mol. The van der Waals surface area contributed by atoms with Gasteiger partial charge in [-0.3, -0.25) is 0 Å². The summed E-state index contributed by atoms with van der Waals surface area (Å²) in [6, 6.07) is 6.69. The lowest BCUT2D eigenvalue weighted by Gasteiger charge is -2.22. The summed E-state index contributed by atoms with van der Waals surface area (Å²) in [6.45, 7) is 9.44. The van der Waals surface area contributed by atoms with Crippen molar-refractivity contribution in [1.82, 2.24) is 5.32 Å². The molecule has 0 aromatic heterocycles. The highest BCUT2D eigenvalue weighted by Gasteiger charge is 2.14. The molecular weight excluding hydrogens is 210 g/mol. The van der Waals surface area contributed by atoms with Crippen molar-refractivity contribution < 1.29 is 4.74 Å². The zero-order valence-electron chi connectivity index (χ0n) is 11.7. The molecular formula is C15H25NO. The van der Waals surface area contributed by atoms with Gasteiger partial charge in [0.1, 0.15) is 12.4 Å². The highest BCUT2D eigenvalue weighted by atomic mass is 16.5. The van der Waals surface area contributed by atoms with E-state index in [-0.39, 0.29) is 0 Å². The fourth-order valence-corrected chi connectivity index (χ4v) is 1.81. The first kappa shape index (κ1) is 14.0. The van der Waals surface area contributed by atoms with Crippen molar-refractivity contribution in [3.63, 3.8) is 0 Å². The van der Waals surface area contributed by atoms with E-state index in [1.165, 1.54) is 17.5 Å². The molecule has 2 nitrogen and oxygen atoms in total. The zero-order chi connectivity index (χ0) is 12.8. The van der Waals surface area contributed by atoms with E-state index in [1.807, 2.05) is 13.1 Å². The molecule has 0 amide bonds. The molecule has 0 aliphatic carbocycles. The van der Waals surface area contributed by atoms with Crippen molar-refractivity contribution >= 4 is 0 Å². The van der Waals surface area contributed by atoms with Crippen LogP contribution in [-0.2, 0) is 0 Å². The third-order valence-electron chi connectivity index (χ3n) is 3.61. The van der Waals surface area contributed by atoms with Crippen LogP contribution in [0.2, 0.25) is 0 Å². The Kier molecular flexibility index (Phi) is 5.49. The van der Waals surface area contributed by atoms with Gasteiger partial charge in [0.15, 0.2) is 0 Å². The van der Waals surface area contributed by atoms with Gasteiger partial charge in [0, 0.05) is 6.04 Å². The Morgan fingerprint density at radius 3 is 2.47 bits per heavy atom. The molecule has 1 rings (SSSR count). The average molecular weight is 235 g/mol. The molecule has 0 bridgehead atoms. The van der Waals surface area contributed by atoms with Gasteiger partial charge in [0.2, 0.25) is 0 Å². The number of ether oxygens (including phenoxy) is 1. The molecule has 2 unspecified atom stereocenters. The van der Waals surface area contributed by atoms with Crippen LogP contribution in [0.4, 0.5) is 0 Å². The van der Waals surface area contributed by atoms with Gasteiger partial charge in [-0.15, -0.1) is 0 Å². The molecule has 1 aromatic rings. The topological polar surface area (TPSA) is 21.3 Å². The first-order valence-corrected chi connectivity index (χ1v) is 6.45. The van der Waals surface area contributed by atoms with E-state index in [0.29, 0.717) is 12.0 Å². The Labute approximate surface area is 105 Å². The van der Waals surface area contributed by atoms with Crippen molar-refractivity contribution in [1.29, 1.82) is 0 Å². The number of benzene rings is 1. The molecule has 0 fully saturated rings. The van der Waals surface area contributed by atoms with Crippen LogP contribution in [0.25, 0.3) is 0 Å². The molecule has 0 spiro atoms. The van der Waals surface area contributed by atoms with Crippen LogP contribution in [-0.4, -0.2) is 19.7 Å². The summed E-state index contributed by atoms with van der Waals surface area (Å²) >= 11 is 0. The molecule has 0 saturated carbocycles. The maximum atomic E-state index is 5.86. The summed E-state index contributed by atoms with van der Waals surface area (Å²) in [7, 11) is 2.00. The summed E-state index contributed by atoms with van der Waals surface area (Å²) in [5.74, 6) is 1.60. The van der Waals surface area contributed by atoms with Gasteiger partial charge in [0.25, 0.3) is 0 Å². The number of rotatable bonds is 6. The van der Waals surface area contributed by atoms with Crippen LogP contribution in [0.15, 0.2) is 18.2 Å². The number of likely N-dealkylation sites (N-methyl/N-ethyl adjacent to an activating group) is 1. The molecule has 0 heterocycles. The fraction of sp³-hybridized carbons (Fsp3) is 0.600. The highest BCUT2D eigenvalue weighted by Crippen LogP contribution is 2.17. The van der Waals surface area contributed by atoms with Crippen molar-refractivity contribution in [3.8, 4) is 5.75 Å². The van der Waals surface area contributed by atoms with E-state index in [4.69, 9.17) is 4.74 Å². The summed E-state index contributed by atoms with van der Waals surface area (Å²) in [5, 5.41) is 3.32. The largest absolute Gasteiger partial charge is 0.492 e. The predicted molar refractivity (Wildman–Crippen MR) is 73.7 cm³/mol. The van der Waals surface area contributed by atoms with Crippen molar-refractivity contribution in [2.75, 3.05) is 13.7 Å². The maximum Gasteiger partial charge on any atom is 0.119 e. The van der Waals surface area contributed by atoms with Crippen molar-refractivity contribution in [2.24, 2.45) is 5.92 Å². The Bertz CT molecular complexity index is 349. The van der Waals surface area contributed by atoms with Crippen LogP contribution in [0.3, 0.4) is 0 Å². The highest BCUT2D eigenvalue weighted by molar-refractivity contribution is 5.33. The SMILES string of the molecule is CCC(C)C(COc1ccc(C)c(C)c1)NC. The summed E-state index contributed by atoms with van der Waals surface area (Å²) in [6.07, 6.45) is 1.17. The molecule has 2 atom stereocenters. The van der Waals surface area contributed by atoms with E-state index in [9.17, 15) is 0 Å². The molecule has 17 heavy (non-hydrogen) atoms. The average Bonchev–Trinajstić information content (AvgIpc) is 2.33. The second kappa shape index (κ2) is 6.65. The minimum atomic E-state index is 0.418. The van der Waals surface area contributed by atoms with Gasteiger partial charge in [0.05, 0.1) is 0 Å². The van der Waals surface area contributed by atoms with Gasteiger partial charge in [-0.1, -0.05) is 26.3 Å². The third kappa shape index (κ3) is 4.04. The molecule has 0 saturated heterocycles. The van der Waals surface area contributed by atoms with Gasteiger partial charge in [-0.25, -0.2) is 0 Å². The Morgan fingerprint density at radius 1 is 1.24 bits per heavy atom. The molecule has 1 N–H and O–H groups in total. The van der Waals surface area contributed by atoms with E-state index < -0.39 is 0 Å². The number of nitrogens with one attached hydrogen (secondary N) is 1. The molecule has 0 radical (unpaired) electrons. The molecule has 0 aliphatic heterocycles. The summed E-state index contributed by atoms with van der Waals surface area (Å²) in [4.78, 5) is 0. The lowest BCUT2D eigenvalue weighted by Crippen LogP contribution is -2.37.